The average molecular weight is 316 g/mol. The lowest BCUT2D eigenvalue weighted by Gasteiger charge is -2.20. The van der Waals surface area contributed by atoms with Gasteiger partial charge in [0.25, 0.3) is 0 Å². The van der Waals surface area contributed by atoms with Crippen molar-refractivity contribution in [2.24, 2.45) is 0 Å². The van der Waals surface area contributed by atoms with Gasteiger partial charge in [0.05, 0.1) is 23.8 Å². The molecule has 0 heterocycles. The van der Waals surface area contributed by atoms with Gasteiger partial charge < -0.3 is 19.5 Å². The van der Waals surface area contributed by atoms with Gasteiger partial charge in [-0.1, -0.05) is 23.7 Å². The summed E-state index contributed by atoms with van der Waals surface area (Å²) < 4.78 is 16.4. The number of hydrogen-bond acceptors (Lipinski definition) is 4. The van der Waals surface area contributed by atoms with Gasteiger partial charge in [0.1, 0.15) is 12.4 Å². The summed E-state index contributed by atoms with van der Waals surface area (Å²) in [7, 11) is 1.69. The Balaban J connectivity index is 2.51. The third-order valence-corrected chi connectivity index (χ3v) is 3.01. The van der Waals surface area contributed by atoms with E-state index in [0.29, 0.717) is 31.4 Å². The second-order valence-corrected chi connectivity index (χ2v) is 6.11. The van der Waals surface area contributed by atoms with Crippen LogP contribution in [0.3, 0.4) is 0 Å². The molecule has 0 atom stereocenters. The lowest BCUT2D eigenvalue weighted by molar-refractivity contribution is -0.0163. The molecule has 21 heavy (non-hydrogen) atoms. The Hall–Kier alpha value is -0.810. The number of hydrogen-bond donors (Lipinski definition) is 1. The first-order valence-electron chi connectivity index (χ1n) is 7.18. The van der Waals surface area contributed by atoms with Gasteiger partial charge in [-0.15, -0.1) is 0 Å². The van der Waals surface area contributed by atoms with Gasteiger partial charge in [-0.3, -0.25) is 0 Å². The first-order chi connectivity index (χ1) is 9.94. The Bertz CT molecular complexity index is 418. The maximum absolute atomic E-state index is 6.22. The fraction of sp³-hybridized carbons (Fsp3) is 0.625. The van der Waals surface area contributed by atoms with Crippen LogP contribution in [0.2, 0.25) is 5.02 Å². The normalized spacial score (nSPS) is 11.7. The summed E-state index contributed by atoms with van der Waals surface area (Å²) in [6, 6.07) is 5.76. The summed E-state index contributed by atoms with van der Waals surface area (Å²) in [5.74, 6) is 0.724. The fourth-order valence-electron chi connectivity index (χ4n) is 1.74. The van der Waals surface area contributed by atoms with E-state index in [1.54, 1.807) is 7.11 Å². The molecule has 1 aromatic rings. The molecule has 0 fully saturated rings. The molecule has 0 spiro atoms. The molecule has 0 unspecified atom stereocenters. The molecule has 1 rings (SSSR count). The van der Waals surface area contributed by atoms with E-state index in [9.17, 15) is 0 Å². The van der Waals surface area contributed by atoms with Crippen LogP contribution in [0, 0.1) is 0 Å². The topological polar surface area (TPSA) is 39.7 Å². The van der Waals surface area contributed by atoms with Crippen LogP contribution in [0.25, 0.3) is 0 Å². The number of ether oxygens (including phenoxy) is 3. The molecule has 0 aliphatic rings. The van der Waals surface area contributed by atoms with Crippen LogP contribution in [-0.2, 0) is 16.0 Å². The average Bonchev–Trinajstić information content (AvgIpc) is 2.40. The third kappa shape index (κ3) is 7.67. The van der Waals surface area contributed by atoms with Crippen LogP contribution in [0.4, 0.5) is 0 Å². The van der Waals surface area contributed by atoms with E-state index in [-0.39, 0.29) is 5.60 Å². The molecule has 5 heteroatoms. The molecular formula is C16H26ClNO3. The highest BCUT2D eigenvalue weighted by atomic mass is 35.5. The highest BCUT2D eigenvalue weighted by molar-refractivity contribution is 6.32. The summed E-state index contributed by atoms with van der Waals surface area (Å²) in [6.07, 6.45) is 0. The molecule has 0 amide bonds. The summed E-state index contributed by atoms with van der Waals surface area (Å²) in [5.41, 5.74) is 0.878. The Morgan fingerprint density at radius 2 is 1.90 bits per heavy atom. The minimum absolute atomic E-state index is 0.158. The zero-order valence-electron chi connectivity index (χ0n) is 13.4. The van der Waals surface area contributed by atoms with E-state index in [0.717, 1.165) is 17.9 Å². The first kappa shape index (κ1) is 18.2. The van der Waals surface area contributed by atoms with Crippen LogP contribution < -0.4 is 10.1 Å². The van der Waals surface area contributed by atoms with Crippen molar-refractivity contribution < 1.29 is 14.2 Å². The molecule has 0 bridgehead atoms. The summed E-state index contributed by atoms with van der Waals surface area (Å²) in [6.45, 7) is 9.23. The first-order valence-corrected chi connectivity index (χ1v) is 7.55. The molecule has 0 saturated carbocycles. The number of para-hydroxylation sites is 1. The second-order valence-electron chi connectivity index (χ2n) is 5.71. The van der Waals surface area contributed by atoms with Crippen LogP contribution in [0.5, 0.6) is 5.75 Å². The van der Waals surface area contributed by atoms with Gasteiger partial charge in [0.15, 0.2) is 0 Å². The van der Waals surface area contributed by atoms with Crippen molar-refractivity contribution in [2.45, 2.75) is 32.9 Å². The lowest BCUT2D eigenvalue weighted by atomic mass is 10.2. The predicted octanol–water partition coefficient (Wildman–Crippen LogP) is 3.27. The number of rotatable bonds is 9. The number of benzene rings is 1. The van der Waals surface area contributed by atoms with E-state index in [2.05, 4.69) is 5.32 Å². The number of methoxy groups -OCH3 is 1. The highest BCUT2D eigenvalue weighted by Crippen LogP contribution is 2.28. The van der Waals surface area contributed by atoms with Gasteiger partial charge in [-0.25, -0.2) is 0 Å². The molecule has 1 aromatic carbocycles. The van der Waals surface area contributed by atoms with Gasteiger partial charge in [0.2, 0.25) is 0 Å². The monoisotopic (exact) mass is 315 g/mol. The zero-order valence-corrected chi connectivity index (χ0v) is 14.1. The van der Waals surface area contributed by atoms with Gasteiger partial charge >= 0.3 is 0 Å². The molecule has 0 aliphatic carbocycles. The van der Waals surface area contributed by atoms with Crippen molar-refractivity contribution in [2.75, 3.05) is 33.5 Å². The van der Waals surface area contributed by atoms with Crippen molar-refractivity contribution in [1.82, 2.24) is 5.32 Å². The fourth-order valence-corrected chi connectivity index (χ4v) is 1.99. The molecule has 1 N–H and O–H groups in total. The summed E-state index contributed by atoms with van der Waals surface area (Å²) in [5, 5.41) is 3.91. The van der Waals surface area contributed by atoms with Crippen molar-refractivity contribution in [3.8, 4) is 5.75 Å². The minimum Gasteiger partial charge on any atom is -0.489 e. The van der Waals surface area contributed by atoms with Crippen LogP contribution in [-0.4, -0.2) is 39.1 Å². The minimum atomic E-state index is -0.158. The predicted molar refractivity (Wildman–Crippen MR) is 86.2 cm³/mol. The van der Waals surface area contributed by atoms with Crippen molar-refractivity contribution in [1.29, 1.82) is 0 Å². The quantitative estimate of drug-likeness (QED) is 0.710. The Kier molecular flexibility index (Phi) is 8.04. The Labute approximate surface area is 132 Å². The molecule has 0 saturated heterocycles. The second kappa shape index (κ2) is 9.26. The molecule has 4 nitrogen and oxygen atoms in total. The lowest BCUT2D eigenvalue weighted by Crippen LogP contribution is -2.23. The van der Waals surface area contributed by atoms with Gasteiger partial charge in [0, 0.05) is 25.8 Å². The largest absolute Gasteiger partial charge is 0.489 e. The molecule has 120 valence electrons. The van der Waals surface area contributed by atoms with Crippen LogP contribution in [0.15, 0.2) is 18.2 Å². The number of halogens is 1. The van der Waals surface area contributed by atoms with Crippen molar-refractivity contribution >= 4 is 11.6 Å². The Morgan fingerprint density at radius 1 is 1.14 bits per heavy atom. The van der Waals surface area contributed by atoms with Crippen molar-refractivity contribution in [3.05, 3.63) is 28.8 Å². The third-order valence-electron chi connectivity index (χ3n) is 2.71. The van der Waals surface area contributed by atoms with E-state index >= 15 is 0 Å². The summed E-state index contributed by atoms with van der Waals surface area (Å²) in [4.78, 5) is 0. The van der Waals surface area contributed by atoms with Gasteiger partial charge in [-0.05, 0) is 26.8 Å². The smallest absolute Gasteiger partial charge is 0.142 e. The standard InChI is InChI=1S/C16H26ClNO3/c1-16(2,3)21-11-10-20-15-13(6-5-7-14(15)17)12-18-8-9-19-4/h5-7,18H,8-12H2,1-4H3. The Morgan fingerprint density at radius 3 is 2.57 bits per heavy atom. The maximum Gasteiger partial charge on any atom is 0.142 e. The van der Waals surface area contributed by atoms with Crippen molar-refractivity contribution in [3.63, 3.8) is 0 Å². The van der Waals surface area contributed by atoms with Gasteiger partial charge in [-0.2, -0.15) is 0 Å². The SMILES string of the molecule is COCCNCc1cccc(Cl)c1OCCOC(C)(C)C. The molecule has 0 radical (unpaired) electrons. The highest BCUT2D eigenvalue weighted by Gasteiger charge is 2.11. The van der Waals surface area contributed by atoms with Crippen LogP contribution >= 0.6 is 11.6 Å². The van der Waals surface area contributed by atoms with E-state index < -0.39 is 0 Å². The molecule has 0 aromatic heterocycles. The van der Waals surface area contributed by atoms with E-state index in [4.69, 9.17) is 25.8 Å². The zero-order chi connectivity index (χ0) is 15.7. The summed E-state index contributed by atoms with van der Waals surface area (Å²) >= 11 is 6.22. The van der Waals surface area contributed by atoms with Crippen LogP contribution in [0.1, 0.15) is 26.3 Å². The molecular weight excluding hydrogens is 290 g/mol. The maximum atomic E-state index is 6.22. The molecule has 0 aliphatic heterocycles. The van der Waals surface area contributed by atoms with E-state index in [1.807, 2.05) is 39.0 Å². The number of nitrogens with one attached hydrogen (secondary N) is 1. The van der Waals surface area contributed by atoms with E-state index in [1.165, 1.54) is 0 Å².